The van der Waals surface area contributed by atoms with E-state index in [1.807, 2.05) is 13.8 Å². The van der Waals surface area contributed by atoms with Crippen LogP contribution in [0.2, 0.25) is 0 Å². The maximum atomic E-state index is 12.9. The zero-order valence-electron chi connectivity index (χ0n) is 12.1. The zero-order chi connectivity index (χ0) is 15.6. The van der Waals surface area contributed by atoms with E-state index >= 15 is 0 Å². The van der Waals surface area contributed by atoms with E-state index in [4.69, 9.17) is 0 Å². The van der Waals surface area contributed by atoms with Gasteiger partial charge in [0, 0.05) is 11.7 Å². The van der Waals surface area contributed by atoms with Crippen molar-refractivity contribution in [3.05, 3.63) is 41.5 Å². The van der Waals surface area contributed by atoms with Crippen LogP contribution in [0.4, 0.5) is 18.9 Å². The first-order valence-electron chi connectivity index (χ1n) is 6.59. The van der Waals surface area contributed by atoms with E-state index in [0.717, 1.165) is 6.07 Å². The van der Waals surface area contributed by atoms with Gasteiger partial charge in [-0.15, -0.1) is 0 Å². The first-order chi connectivity index (χ1) is 9.79. The topological polar surface area (TPSA) is 42.7 Å². The molecule has 0 unspecified atom stereocenters. The minimum absolute atomic E-state index is 0.146. The number of rotatable bonds is 4. The summed E-state index contributed by atoms with van der Waals surface area (Å²) in [4.78, 5) is 4.11. The Balaban J connectivity index is 2.16. The lowest BCUT2D eigenvalue weighted by atomic mass is 10.1. The van der Waals surface area contributed by atoms with Gasteiger partial charge in [-0.1, -0.05) is 6.07 Å². The van der Waals surface area contributed by atoms with E-state index in [1.165, 1.54) is 19.3 Å². The fourth-order valence-electron chi connectivity index (χ4n) is 2.05. The number of halogens is 3. The summed E-state index contributed by atoms with van der Waals surface area (Å²) in [7, 11) is 0. The van der Waals surface area contributed by atoms with Gasteiger partial charge in [0.25, 0.3) is 0 Å². The molecule has 0 atom stereocenters. The van der Waals surface area contributed by atoms with Gasteiger partial charge in [-0.2, -0.15) is 18.3 Å². The molecule has 1 aromatic carbocycles. The number of alkyl halides is 3. The molecule has 0 aliphatic heterocycles. The Morgan fingerprint density at radius 1 is 1.29 bits per heavy atom. The Morgan fingerprint density at radius 3 is 2.62 bits per heavy atom. The van der Waals surface area contributed by atoms with E-state index in [0.29, 0.717) is 18.1 Å². The zero-order valence-corrected chi connectivity index (χ0v) is 12.1. The van der Waals surface area contributed by atoms with Crippen LogP contribution in [-0.4, -0.2) is 14.8 Å². The molecule has 0 amide bonds. The van der Waals surface area contributed by atoms with Crippen LogP contribution in [0, 0.1) is 6.92 Å². The predicted molar refractivity (Wildman–Crippen MR) is 73.9 cm³/mol. The van der Waals surface area contributed by atoms with Crippen LogP contribution in [-0.2, 0) is 12.7 Å². The number of hydrogen-bond donors (Lipinski definition) is 1. The van der Waals surface area contributed by atoms with Crippen molar-refractivity contribution in [3.8, 4) is 0 Å². The first kappa shape index (κ1) is 15.3. The largest absolute Gasteiger partial charge is 0.416 e. The van der Waals surface area contributed by atoms with Crippen molar-refractivity contribution in [3.63, 3.8) is 0 Å². The molecular weight excluding hydrogens is 281 g/mol. The molecule has 0 aliphatic carbocycles. The average molecular weight is 298 g/mol. The van der Waals surface area contributed by atoms with Crippen molar-refractivity contribution in [2.45, 2.75) is 39.5 Å². The van der Waals surface area contributed by atoms with E-state index in [2.05, 4.69) is 15.4 Å². The maximum Gasteiger partial charge on any atom is 0.416 e. The molecule has 7 heteroatoms. The Morgan fingerprint density at radius 2 is 2.00 bits per heavy atom. The van der Waals surface area contributed by atoms with Crippen molar-refractivity contribution < 1.29 is 13.2 Å². The van der Waals surface area contributed by atoms with Crippen LogP contribution in [0.5, 0.6) is 0 Å². The van der Waals surface area contributed by atoms with E-state index in [1.54, 1.807) is 10.7 Å². The molecule has 0 bridgehead atoms. The summed E-state index contributed by atoms with van der Waals surface area (Å²) >= 11 is 0. The molecule has 0 spiro atoms. The molecule has 1 aromatic heterocycles. The molecule has 0 radical (unpaired) electrons. The van der Waals surface area contributed by atoms with Crippen molar-refractivity contribution in [2.24, 2.45) is 0 Å². The molecule has 21 heavy (non-hydrogen) atoms. The Hall–Kier alpha value is -2.05. The van der Waals surface area contributed by atoms with Gasteiger partial charge in [0.15, 0.2) is 0 Å². The Kier molecular flexibility index (Phi) is 4.20. The summed E-state index contributed by atoms with van der Waals surface area (Å²) in [5.41, 5.74) is -0.0116. The monoisotopic (exact) mass is 298 g/mol. The fourth-order valence-corrected chi connectivity index (χ4v) is 2.05. The molecule has 1 heterocycles. The van der Waals surface area contributed by atoms with Gasteiger partial charge >= 0.3 is 6.18 Å². The SMILES string of the molecule is Cc1ccc(NCc2ncnn2C(C)C)cc1C(F)(F)F. The predicted octanol–water partition coefficient (Wildman–Crippen LogP) is 3.80. The highest BCUT2D eigenvalue weighted by Gasteiger charge is 2.32. The van der Waals surface area contributed by atoms with Crippen molar-refractivity contribution in [1.29, 1.82) is 0 Å². The summed E-state index contributed by atoms with van der Waals surface area (Å²) in [6, 6.07) is 4.35. The van der Waals surface area contributed by atoms with Gasteiger partial charge in [0.1, 0.15) is 12.2 Å². The van der Waals surface area contributed by atoms with Crippen molar-refractivity contribution >= 4 is 5.69 Å². The third-order valence-electron chi connectivity index (χ3n) is 3.13. The summed E-state index contributed by atoms with van der Waals surface area (Å²) in [5.74, 6) is 0.680. The van der Waals surface area contributed by atoms with E-state index < -0.39 is 11.7 Å². The second-order valence-electron chi connectivity index (χ2n) is 5.10. The van der Waals surface area contributed by atoms with E-state index in [-0.39, 0.29) is 11.6 Å². The van der Waals surface area contributed by atoms with Crippen LogP contribution in [0.25, 0.3) is 0 Å². The third kappa shape index (κ3) is 3.53. The summed E-state index contributed by atoms with van der Waals surface area (Å²) in [5, 5.41) is 7.04. The number of nitrogens with one attached hydrogen (secondary N) is 1. The van der Waals surface area contributed by atoms with Gasteiger partial charge in [0.2, 0.25) is 0 Å². The molecule has 0 saturated carbocycles. The van der Waals surface area contributed by atoms with Gasteiger partial charge in [-0.05, 0) is 38.5 Å². The number of anilines is 1. The lowest BCUT2D eigenvalue weighted by molar-refractivity contribution is -0.138. The normalized spacial score (nSPS) is 12.0. The van der Waals surface area contributed by atoms with Gasteiger partial charge in [-0.3, -0.25) is 0 Å². The maximum absolute atomic E-state index is 12.9. The molecule has 2 aromatic rings. The molecule has 2 rings (SSSR count). The molecule has 0 aliphatic rings. The third-order valence-corrected chi connectivity index (χ3v) is 3.13. The van der Waals surface area contributed by atoms with Crippen LogP contribution in [0.1, 0.15) is 36.8 Å². The van der Waals surface area contributed by atoms with Gasteiger partial charge in [0.05, 0.1) is 12.1 Å². The van der Waals surface area contributed by atoms with E-state index in [9.17, 15) is 13.2 Å². The quantitative estimate of drug-likeness (QED) is 0.933. The first-order valence-corrected chi connectivity index (χ1v) is 6.59. The summed E-state index contributed by atoms with van der Waals surface area (Å²) < 4.78 is 40.3. The van der Waals surface area contributed by atoms with Crippen LogP contribution in [0.3, 0.4) is 0 Å². The lowest BCUT2D eigenvalue weighted by Crippen LogP contribution is -2.13. The van der Waals surface area contributed by atoms with Gasteiger partial charge in [-0.25, -0.2) is 9.67 Å². The number of aromatic nitrogens is 3. The smallest absolute Gasteiger partial charge is 0.378 e. The van der Waals surface area contributed by atoms with Crippen molar-refractivity contribution in [1.82, 2.24) is 14.8 Å². The Labute approximate surface area is 121 Å². The van der Waals surface area contributed by atoms with Crippen LogP contribution >= 0.6 is 0 Å². The summed E-state index contributed by atoms with van der Waals surface area (Å²) in [6.45, 7) is 5.69. The Bertz CT molecular complexity index is 617. The average Bonchev–Trinajstić information content (AvgIpc) is 2.85. The van der Waals surface area contributed by atoms with Crippen LogP contribution < -0.4 is 5.32 Å². The molecular formula is C14H17F3N4. The molecule has 0 fully saturated rings. The lowest BCUT2D eigenvalue weighted by Gasteiger charge is -2.14. The second-order valence-corrected chi connectivity index (χ2v) is 5.10. The highest BCUT2D eigenvalue weighted by Crippen LogP contribution is 2.33. The number of hydrogen-bond acceptors (Lipinski definition) is 3. The molecule has 1 N–H and O–H groups in total. The number of benzene rings is 1. The minimum Gasteiger partial charge on any atom is -0.378 e. The van der Waals surface area contributed by atoms with Gasteiger partial charge < -0.3 is 5.32 Å². The number of nitrogens with zero attached hydrogens (tertiary/aromatic N) is 3. The highest BCUT2D eigenvalue weighted by molar-refractivity contribution is 5.49. The fraction of sp³-hybridized carbons (Fsp3) is 0.429. The second kappa shape index (κ2) is 5.75. The standard InChI is InChI=1S/C14H17F3N4/c1-9(2)21-13(19-8-20-21)7-18-11-5-4-10(3)12(6-11)14(15,16)17/h4-6,8-9,18H,7H2,1-3H3. The van der Waals surface area contributed by atoms with Crippen molar-refractivity contribution in [2.75, 3.05) is 5.32 Å². The molecule has 0 saturated heterocycles. The summed E-state index contributed by atoms with van der Waals surface area (Å²) in [6.07, 6.45) is -2.91. The number of aryl methyl sites for hydroxylation is 1. The molecule has 4 nitrogen and oxygen atoms in total. The highest BCUT2D eigenvalue weighted by atomic mass is 19.4. The minimum atomic E-state index is -4.35. The van der Waals surface area contributed by atoms with Crippen LogP contribution in [0.15, 0.2) is 24.5 Å². The molecule has 114 valence electrons.